The molecule has 1 aromatic heterocycles. The SMILES string of the molecule is CCC1(CNc2ncnc(N)c2Br)CCCC1. The van der Waals surface area contributed by atoms with E-state index in [0.29, 0.717) is 11.2 Å². The lowest BCUT2D eigenvalue weighted by molar-refractivity contribution is 0.306. The van der Waals surface area contributed by atoms with E-state index >= 15 is 0 Å². The summed E-state index contributed by atoms with van der Waals surface area (Å²) in [6, 6.07) is 0. The van der Waals surface area contributed by atoms with Gasteiger partial charge in [-0.1, -0.05) is 19.8 Å². The molecule has 1 saturated carbocycles. The number of nitrogens with zero attached hydrogens (tertiary/aromatic N) is 2. The molecule has 1 aromatic rings. The van der Waals surface area contributed by atoms with Gasteiger partial charge < -0.3 is 11.1 Å². The molecule has 17 heavy (non-hydrogen) atoms. The van der Waals surface area contributed by atoms with Crippen molar-refractivity contribution in [1.29, 1.82) is 0 Å². The van der Waals surface area contributed by atoms with Crippen molar-refractivity contribution in [2.24, 2.45) is 5.41 Å². The minimum Gasteiger partial charge on any atom is -0.383 e. The highest BCUT2D eigenvalue weighted by Gasteiger charge is 2.31. The second-order valence-electron chi connectivity index (χ2n) is 4.84. The molecule has 1 heterocycles. The van der Waals surface area contributed by atoms with E-state index in [1.807, 2.05) is 0 Å². The molecule has 0 amide bonds. The first kappa shape index (κ1) is 12.6. The van der Waals surface area contributed by atoms with Crippen molar-refractivity contribution in [3.63, 3.8) is 0 Å². The summed E-state index contributed by atoms with van der Waals surface area (Å²) in [4.78, 5) is 8.15. The van der Waals surface area contributed by atoms with Crippen LogP contribution >= 0.6 is 15.9 Å². The van der Waals surface area contributed by atoms with E-state index in [1.165, 1.54) is 38.4 Å². The smallest absolute Gasteiger partial charge is 0.145 e. The third-order valence-corrected chi connectivity index (χ3v) is 4.64. The molecule has 4 nitrogen and oxygen atoms in total. The van der Waals surface area contributed by atoms with Gasteiger partial charge >= 0.3 is 0 Å². The van der Waals surface area contributed by atoms with Crippen LogP contribution in [0.1, 0.15) is 39.0 Å². The van der Waals surface area contributed by atoms with Crippen LogP contribution in [0.25, 0.3) is 0 Å². The van der Waals surface area contributed by atoms with E-state index in [-0.39, 0.29) is 0 Å². The van der Waals surface area contributed by atoms with E-state index in [4.69, 9.17) is 5.73 Å². The van der Waals surface area contributed by atoms with Gasteiger partial charge in [-0.15, -0.1) is 0 Å². The molecule has 0 unspecified atom stereocenters. The molecule has 0 radical (unpaired) electrons. The Hall–Kier alpha value is -0.840. The first-order valence-corrected chi connectivity index (χ1v) is 6.96. The summed E-state index contributed by atoms with van der Waals surface area (Å²) >= 11 is 3.42. The summed E-state index contributed by atoms with van der Waals surface area (Å²) in [5.41, 5.74) is 6.18. The van der Waals surface area contributed by atoms with Crippen molar-refractivity contribution in [3.8, 4) is 0 Å². The van der Waals surface area contributed by atoms with Gasteiger partial charge in [0.05, 0.1) is 0 Å². The van der Waals surface area contributed by atoms with E-state index in [2.05, 4.69) is 38.1 Å². The van der Waals surface area contributed by atoms with Gasteiger partial charge in [0, 0.05) is 6.54 Å². The molecular weight excluding hydrogens is 280 g/mol. The lowest BCUT2D eigenvalue weighted by Gasteiger charge is -2.28. The fraction of sp³-hybridized carbons (Fsp3) is 0.667. The molecule has 1 aliphatic rings. The number of nitrogens with two attached hydrogens (primary N) is 1. The van der Waals surface area contributed by atoms with E-state index in [9.17, 15) is 0 Å². The first-order chi connectivity index (χ1) is 8.17. The second kappa shape index (κ2) is 5.21. The topological polar surface area (TPSA) is 63.8 Å². The Bertz CT molecular complexity index is 388. The number of aromatic nitrogens is 2. The first-order valence-electron chi connectivity index (χ1n) is 6.17. The predicted octanol–water partition coefficient (Wildman–Crippen LogP) is 3.20. The zero-order chi connectivity index (χ0) is 12.3. The van der Waals surface area contributed by atoms with Crippen LogP contribution in [0.15, 0.2) is 10.8 Å². The lowest BCUT2D eigenvalue weighted by atomic mass is 9.83. The largest absolute Gasteiger partial charge is 0.383 e. The number of hydrogen-bond acceptors (Lipinski definition) is 4. The summed E-state index contributed by atoms with van der Waals surface area (Å²) in [6.07, 6.45) is 8.04. The van der Waals surface area contributed by atoms with Crippen molar-refractivity contribution < 1.29 is 0 Å². The summed E-state index contributed by atoms with van der Waals surface area (Å²) < 4.78 is 0.768. The normalized spacial score (nSPS) is 18.2. The van der Waals surface area contributed by atoms with Crippen LogP contribution in [0.5, 0.6) is 0 Å². The van der Waals surface area contributed by atoms with Gasteiger partial charge in [0.15, 0.2) is 0 Å². The quantitative estimate of drug-likeness (QED) is 0.896. The van der Waals surface area contributed by atoms with E-state index in [1.54, 1.807) is 0 Å². The predicted molar refractivity (Wildman–Crippen MR) is 73.8 cm³/mol. The summed E-state index contributed by atoms with van der Waals surface area (Å²) in [5.74, 6) is 1.29. The minimum absolute atomic E-state index is 0.444. The molecule has 0 aliphatic heterocycles. The zero-order valence-electron chi connectivity index (χ0n) is 10.2. The molecule has 0 bridgehead atoms. The Balaban J connectivity index is 2.04. The monoisotopic (exact) mass is 298 g/mol. The van der Waals surface area contributed by atoms with Crippen LogP contribution in [-0.4, -0.2) is 16.5 Å². The summed E-state index contributed by atoms with van der Waals surface area (Å²) in [6.45, 7) is 3.24. The van der Waals surface area contributed by atoms with Crippen LogP contribution in [0.4, 0.5) is 11.6 Å². The molecule has 0 atom stereocenters. The zero-order valence-corrected chi connectivity index (χ0v) is 11.8. The maximum atomic E-state index is 5.73. The Labute approximate surface area is 111 Å². The molecule has 2 rings (SSSR count). The van der Waals surface area contributed by atoms with Gasteiger partial charge in [-0.05, 0) is 40.6 Å². The highest BCUT2D eigenvalue weighted by Crippen LogP contribution is 2.41. The third kappa shape index (κ3) is 2.70. The molecule has 0 saturated heterocycles. The number of anilines is 2. The molecule has 1 fully saturated rings. The van der Waals surface area contributed by atoms with Gasteiger partial charge in [0.25, 0.3) is 0 Å². The van der Waals surface area contributed by atoms with Crippen molar-refractivity contribution >= 4 is 27.6 Å². The average Bonchev–Trinajstić information content (AvgIpc) is 2.81. The van der Waals surface area contributed by atoms with Gasteiger partial charge in [-0.3, -0.25) is 0 Å². The van der Waals surface area contributed by atoms with Crippen LogP contribution in [0, 0.1) is 5.41 Å². The third-order valence-electron chi connectivity index (χ3n) is 3.86. The molecule has 0 aromatic carbocycles. The maximum absolute atomic E-state index is 5.73. The number of halogens is 1. The molecule has 0 spiro atoms. The van der Waals surface area contributed by atoms with Crippen molar-refractivity contribution in [1.82, 2.24) is 9.97 Å². The van der Waals surface area contributed by atoms with E-state index in [0.717, 1.165) is 16.8 Å². The van der Waals surface area contributed by atoms with Crippen LogP contribution in [0.3, 0.4) is 0 Å². The molecule has 1 aliphatic carbocycles. The number of hydrogen-bond donors (Lipinski definition) is 2. The van der Waals surface area contributed by atoms with Crippen molar-refractivity contribution in [2.45, 2.75) is 39.0 Å². The highest BCUT2D eigenvalue weighted by molar-refractivity contribution is 9.10. The molecule has 3 N–H and O–H groups in total. The summed E-state index contributed by atoms with van der Waals surface area (Å²) in [7, 11) is 0. The molecule has 5 heteroatoms. The van der Waals surface area contributed by atoms with Crippen molar-refractivity contribution in [2.75, 3.05) is 17.6 Å². The maximum Gasteiger partial charge on any atom is 0.145 e. The van der Waals surface area contributed by atoms with Crippen LogP contribution in [-0.2, 0) is 0 Å². The standard InChI is InChI=1S/C12H19BrN4/c1-2-12(5-3-4-6-12)7-15-11-9(13)10(14)16-8-17-11/h8H,2-7H2,1H3,(H3,14,15,16,17). The Morgan fingerprint density at radius 2 is 2.12 bits per heavy atom. The fourth-order valence-corrected chi connectivity index (χ4v) is 2.90. The Morgan fingerprint density at radius 1 is 1.41 bits per heavy atom. The highest BCUT2D eigenvalue weighted by atomic mass is 79.9. The van der Waals surface area contributed by atoms with Gasteiger partial charge in [0.1, 0.15) is 22.4 Å². The summed E-state index contributed by atoms with van der Waals surface area (Å²) in [5, 5.41) is 3.41. The van der Waals surface area contributed by atoms with E-state index < -0.39 is 0 Å². The minimum atomic E-state index is 0.444. The van der Waals surface area contributed by atoms with Gasteiger partial charge in [0.2, 0.25) is 0 Å². The molecule has 94 valence electrons. The molecular formula is C12H19BrN4. The Kier molecular flexibility index (Phi) is 3.86. The van der Waals surface area contributed by atoms with Crippen LogP contribution < -0.4 is 11.1 Å². The number of nitrogen functional groups attached to an aromatic ring is 1. The fourth-order valence-electron chi connectivity index (χ4n) is 2.56. The number of rotatable bonds is 4. The van der Waals surface area contributed by atoms with Gasteiger partial charge in [-0.25, -0.2) is 9.97 Å². The lowest BCUT2D eigenvalue weighted by Crippen LogP contribution is -2.26. The second-order valence-corrected chi connectivity index (χ2v) is 5.63. The van der Waals surface area contributed by atoms with Gasteiger partial charge in [-0.2, -0.15) is 0 Å². The van der Waals surface area contributed by atoms with Crippen LogP contribution in [0.2, 0.25) is 0 Å². The van der Waals surface area contributed by atoms with Crippen molar-refractivity contribution in [3.05, 3.63) is 10.8 Å². The Morgan fingerprint density at radius 3 is 2.76 bits per heavy atom. The number of nitrogens with one attached hydrogen (secondary N) is 1. The average molecular weight is 299 g/mol.